The molecule has 2 atom stereocenters. The first-order chi connectivity index (χ1) is 11.7. The number of benzene rings is 1. The second kappa shape index (κ2) is 7.95. The monoisotopic (exact) mass is 361 g/mol. The molecule has 1 heterocycles. The minimum atomic E-state index is -4.47. The van der Waals surface area contributed by atoms with Crippen LogP contribution in [0.15, 0.2) is 18.2 Å². The summed E-state index contributed by atoms with van der Waals surface area (Å²) in [4.78, 5) is 12.2. The highest BCUT2D eigenvalue weighted by Gasteiger charge is 2.31. The van der Waals surface area contributed by atoms with Crippen LogP contribution in [0.25, 0.3) is 0 Å². The molecule has 0 bridgehead atoms. The molecule has 1 aliphatic heterocycles. The average molecular weight is 361 g/mol. The molecule has 0 saturated carbocycles. The van der Waals surface area contributed by atoms with E-state index in [0.717, 1.165) is 5.56 Å². The molecular formula is C17H22F3NO4. The maximum Gasteiger partial charge on any atom is 0.411 e. The minimum absolute atomic E-state index is 0.0151. The van der Waals surface area contributed by atoms with Crippen LogP contribution in [-0.4, -0.2) is 38.0 Å². The van der Waals surface area contributed by atoms with Crippen molar-refractivity contribution in [1.29, 1.82) is 0 Å². The second-order valence-corrected chi connectivity index (χ2v) is 6.20. The molecule has 0 aromatic heterocycles. The maximum atomic E-state index is 12.2. The fraction of sp³-hybridized carbons (Fsp3) is 0.588. The van der Waals surface area contributed by atoms with Gasteiger partial charge in [-0.2, -0.15) is 13.2 Å². The van der Waals surface area contributed by atoms with Gasteiger partial charge in [0.05, 0.1) is 6.04 Å². The van der Waals surface area contributed by atoms with Crippen molar-refractivity contribution < 1.29 is 32.2 Å². The Morgan fingerprint density at radius 2 is 1.84 bits per heavy atom. The Morgan fingerprint density at radius 3 is 2.44 bits per heavy atom. The van der Waals surface area contributed by atoms with E-state index in [-0.39, 0.29) is 12.0 Å². The molecule has 2 rings (SSSR count). The predicted molar refractivity (Wildman–Crippen MR) is 84.6 cm³/mol. The fourth-order valence-electron chi connectivity index (χ4n) is 2.45. The van der Waals surface area contributed by atoms with Crippen LogP contribution in [0, 0.1) is 5.92 Å². The van der Waals surface area contributed by atoms with E-state index in [1.165, 1.54) is 6.92 Å². The van der Waals surface area contributed by atoms with E-state index >= 15 is 0 Å². The van der Waals surface area contributed by atoms with E-state index in [1.807, 2.05) is 13.8 Å². The highest BCUT2D eigenvalue weighted by atomic mass is 19.4. The minimum Gasteiger partial charge on any atom is -0.486 e. The van der Waals surface area contributed by atoms with Crippen molar-refractivity contribution in [2.24, 2.45) is 5.92 Å². The van der Waals surface area contributed by atoms with Crippen molar-refractivity contribution in [3.8, 4) is 11.5 Å². The third kappa shape index (κ3) is 5.52. The van der Waals surface area contributed by atoms with Crippen LogP contribution in [-0.2, 0) is 9.53 Å². The SMILES string of the molecule is CC(C)[C@H](NC(=O)[C@@H](C)OCC(F)(F)F)c1ccc2c(c1)OCCO2. The number of hydrogen-bond donors (Lipinski definition) is 1. The molecule has 0 spiro atoms. The molecule has 0 fully saturated rings. The summed E-state index contributed by atoms with van der Waals surface area (Å²) in [6.45, 7) is 4.56. The average Bonchev–Trinajstić information content (AvgIpc) is 2.55. The van der Waals surface area contributed by atoms with Crippen LogP contribution < -0.4 is 14.8 Å². The summed E-state index contributed by atoms with van der Waals surface area (Å²) in [5.41, 5.74) is 0.788. The van der Waals surface area contributed by atoms with Gasteiger partial charge < -0.3 is 19.5 Å². The lowest BCUT2D eigenvalue weighted by molar-refractivity contribution is -0.185. The largest absolute Gasteiger partial charge is 0.486 e. The van der Waals surface area contributed by atoms with Gasteiger partial charge in [0.1, 0.15) is 25.9 Å². The van der Waals surface area contributed by atoms with Crippen LogP contribution in [0.3, 0.4) is 0 Å². The highest BCUT2D eigenvalue weighted by molar-refractivity contribution is 5.80. The molecule has 8 heteroatoms. The van der Waals surface area contributed by atoms with Crippen molar-refractivity contribution in [3.63, 3.8) is 0 Å². The van der Waals surface area contributed by atoms with Crippen LogP contribution >= 0.6 is 0 Å². The first-order valence-electron chi connectivity index (χ1n) is 8.05. The predicted octanol–water partition coefficient (Wildman–Crippen LogP) is 3.24. The molecule has 0 saturated heterocycles. The number of rotatable bonds is 6. The Hall–Kier alpha value is -1.96. The zero-order valence-corrected chi connectivity index (χ0v) is 14.4. The molecule has 1 aliphatic rings. The van der Waals surface area contributed by atoms with Crippen molar-refractivity contribution in [2.45, 2.75) is 39.1 Å². The number of carbonyl (C=O) groups is 1. The van der Waals surface area contributed by atoms with Gasteiger partial charge >= 0.3 is 6.18 Å². The summed E-state index contributed by atoms with van der Waals surface area (Å²) >= 11 is 0. The summed E-state index contributed by atoms with van der Waals surface area (Å²) in [5.74, 6) is 0.634. The van der Waals surface area contributed by atoms with Gasteiger partial charge in [0, 0.05) is 0 Å². The van der Waals surface area contributed by atoms with Crippen molar-refractivity contribution in [2.75, 3.05) is 19.8 Å². The molecule has 0 radical (unpaired) electrons. The first kappa shape index (κ1) is 19.4. The molecule has 140 valence electrons. The van der Waals surface area contributed by atoms with Gasteiger partial charge in [-0.1, -0.05) is 19.9 Å². The highest BCUT2D eigenvalue weighted by Crippen LogP contribution is 2.34. The van der Waals surface area contributed by atoms with Gasteiger partial charge in [-0.15, -0.1) is 0 Å². The number of fused-ring (bicyclic) bond motifs is 1. The molecule has 1 aromatic carbocycles. The van der Waals surface area contributed by atoms with Crippen molar-refractivity contribution in [3.05, 3.63) is 23.8 Å². The van der Waals surface area contributed by atoms with E-state index in [4.69, 9.17) is 9.47 Å². The second-order valence-electron chi connectivity index (χ2n) is 6.20. The summed E-state index contributed by atoms with van der Waals surface area (Å²) < 4.78 is 52.2. The molecule has 0 aliphatic carbocycles. The van der Waals surface area contributed by atoms with Crippen LogP contribution in [0.5, 0.6) is 11.5 Å². The number of nitrogens with one attached hydrogen (secondary N) is 1. The summed E-state index contributed by atoms with van der Waals surface area (Å²) in [6, 6.07) is 4.95. The zero-order valence-electron chi connectivity index (χ0n) is 14.4. The summed E-state index contributed by atoms with van der Waals surface area (Å²) in [7, 11) is 0. The van der Waals surface area contributed by atoms with Crippen LogP contribution in [0.4, 0.5) is 13.2 Å². The van der Waals surface area contributed by atoms with Gasteiger partial charge in [-0.05, 0) is 30.5 Å². The third-order valence-corrected chi connectivity index (χ3v) is 3.76. The van der Waals surface area contributed by atoms with E-state index in [0.29, 0.717) is 24.7 Å². The third-order valence-electron chi connectivity index (χ3n) is 3.76. The van der Waals surface area contributed by atoms with Gasteiger partial charge in [0.15, 0.2) is 11.5 Å². The molecule has 1 aromatic rings. The first-order valence-corrected chi connectivity index (χ1v) is 8.05. The van der Waals surface area contributed by atoms with Gasteiger partial charge in [-0.25, -0.2) is 0 Å². The Balaban J connectivity index is 2.06. The quantitative estimate of drug-likeness (QED) is 0.845. The van der Waals surface area contributed by atoms with Gasteiger partial charge in [-0.3, -0.25) is 4.79 Å². The number of halogens is 3. The van der Waals surface area contributed by atoms with Gasteiger partial charge in [0.2, 0.25) is 5.91 Å². The molecule has 1 N–H and O–H groups in total. The van der Waals surface area contributed by atoms with Crippen molar-refractivity contribution in [1.82, 2.24) is 5.32 Å². The van der Waals surface area contributed by atoms with Crippen molar-refractivity contribution >= 4 is 5.91 Å². The zero-order chi connectivity index (χ0) is 18.6. The summed E-state index contributed by atoms with van der Waals surface area (Å²) in [5, 5.41) is 2.75. The lowest BCUT2D eigenvalue weighted by Gasteiger charge is -2.26. The lowest BCUT2D eigenvalue weighted by atomic mass is 9.95. The lowest BCUT2D eigenvalue weighted by Crippen LogP contribution is -2.40. The topological polar surface area (TPSA) is 56.8 Å². The molecule has 25 heavy (non-hydrogen) atoms. The molecular weight excluding hydrogens is 339 g/mol. The Kier molecular flexibility index (Phi) is 6.16. The van der Waals surface area contributed by atoms with E-state index in [1.54, 1.807) is 18.2 Å². The number of alkyl halides is 3. The van der Waals surface area contributed by atoms with E-state index in [9.17, 15) is 18.0 Å². The summed E-state index contributed by atoms with van der Waals surface area (Å²) in [6.07, 6.45) is -5.68. The number of hydrogen-bond acceptors (Lipinski definition) is 4. The van der Waals surface area contributed by atoms with Crippen LogP contribution in [0.2, 0.25) is 0 Å². The van der Waals surface area contributed by atoms with Crippen LogP contribution in [0.1, 0.15) is 32.4 Å². The Bertz CT molecular complexity index is 604. The molecule has 1 amide bonds. The standard InChI is InChI=1S/C17H22F3NO4/c1-10(2)15(21-16(22)11(3)25-9-17(18,19)20)12-4-5-13-14(8-12)24-7-6-23-13/h4-5,8,10-11,15H,6-7,9H2,1-3H3,(H,21,22)/t11-,15+/m1/s1. The normalized spacial score (nSPS) is 16.4. The molecule has 5 nitrogen and oxygen atoms in total. The Morgan fingerprint density at radius 1 is 1.20 bits per heavy atom. The smallest absolute Gasteiger partial charge is 0.411 e. The number of ether oxygens (including phenoxy) is 3. The maximum absolute atomic E-state index is 12.2. The molecule has 0 unspecified atom stereocenters. The number of amides is 1. The Labute approximate surface area is 144 Å². The van der Waals surface area contributed by atoms with E-state index in [2.05, 4.69) is 10.1 Å². The fourth-order valence-corrected chi connectivity index (χ4v) is 2.45. The van der Waals surface area contributed by atoms with Gasteiger partial charge in [0.25, 0.3) is 0 Å². The van der Waals surface area contributed by atoms with E-state index < -0.39 is 24.8 Å². The number of carbonyl (C=O) groups excluding carboxylic acids is 1.